The van der Waals surface area contributed by atoms with Crippen LogP contribution < -0.4 is 9.62 Å². The highest BCUT2D eigenvalue weighted by Gasteiger charge is 2.32. The first-order chi connectivity index (χ1) is 14.8. The van der Waals surface area contributed by atoms with Gasteiger partial charge in [0.15, 0.2) is 5.82 Å². The topological polar surface area (TPSA) is 105 Å². The molecular weight excluding hydrogens is 428 g/mol. The van der Waals surface area contributed by atoms with Crippen molar-refractivity contribution in [3.63, 3.8) is 0 Å². The van der Waals surface area contributed by atoms with Gasteiger partial charge in [-0.05, 0) is 50.2 Å². The van der Waals surface area contributed by atoms with Gasteiger partial charge >= 0.3 is 0 Å². The number of hydrogen-bond acceptors (Lipinski definition) is 6. The molecule has 3 rings (SSSR count). The molecule has 9 heteroatoms. The van der Waals surface area contributed by atoms with E-state index in [0.717, 1.165) is 0 Å². The molecular formula is C23H28N4O4S. The predicted molar refractivity (Wildman–Crippen MR) is 122 cm³/mol. The number of nitrogens with zero attached hydrogens (tertiary/aromatic N) is 3. The summed E-state index contributed by atoms with van der Waals surface area (Å²) >= 11 is 0. The first-order valence-corrected chi connectivity index (χ1v) is 11.6. The average Bonchev–Trinajstić information content (AvgIpc) is 3.25. The number of anilines is 1. The van der Waals surface area contributed by atoms with Gasteiger partial charge in [-0.1, -0.05) is 44.1 Å². The molecule has 170 valence electrons. The fourth-order valence-electron chi connectivity index (χ4n) is 2.91. The molecule has 8 nitrogen and oxygen atoms in total. The Morgan fingerprint density at radius 2 is 1.56 bits per heavy atom. The highest BCUT2D eigenvalue weighted by atomic mass is 32.2. The predicted octanol–water partition coefficient (Wildman–Crippen LogP) is 3.86. The molecule has 2 aromatic carbocycles. The van der Waals surface area contributed by atoms with Gasteiger partial charge in [0.25, 0.3) is 15.9 Å². The summed E-state index contributed by atoms with van der Waals surface area (Å²) in [7, 11) is -2.26. The van der Waals surface area contributed by atoms with E-state index >= 15 is 0 Å². The molecule has 3 aromatic rings. The summed E-state index contributed by atoms with van der Waals surface area (Å²) < 4.78 is 32.4. The fourth-order valence-corrected chi connectivity index (χ4v) is 4.10. The lowest BCUT2D eigenvalue weighted by Crippen LogP contribution is -2.42. The van der Waals surface area contributed by atoms with Crippen LogP contribution in [0, 0.1) is 0 Å². The summed E-state index contributed by atoms with van der Waals surface area (Å²) in [6.45, 7) is 9.42. The van der Waals surface area contributed by atoms with Crippen molar-refractivity contribution in [2.45, 2.75) is 50.5 Å². The van der Waals surface area contributed by atoms with Crippen LogP contribution in [0.1, 0.15) is 56.7 Å². The highest BCUT2D eigenvalue weighted by molar-refractivity contribution is 7.92. The Balaban J connectivity index is 1.77. The Kier molecular flexibility index (Phi) is 6.15. The van der Waals surface area contributed by atoms with Gasteiger partial charge in [-0.25, -0.2) is 8.42 Å². The van der Waals surface area contributed by atoms with Gasteiger partial charge in [-0.2, -0.15) is 4.98 Å². The SMILES string of the molecule is CN(c1ccccc1)S(=O)(=O)c1ccc(C(=O)NC(C)(C)c2noc(C(C)(C)C)n2)cc1. The van der Waals surface area contributed by atoms with Crippen LogP contribution in [0.5, 0.6) is 0 Å². The summed E-state index contributed by atoms with van der Waals surface area (Å²) in [5, 5.41) is 6.89. The normalized spacial score (nSPS) is 12.4. The second-order valence-electron chi connectivity index (χ2n) is 9.08. The third-order valence-corrected chi connectivity index (χ3v) is 6.75. The number of hydrogen-bond donors (Lipinski definition) is 1. The van der Waals surface area contributed by atoms with Crippen LogP contribution in [-0.4, -0.2) is 31.5 Å². The quantitative estimate of drug-likeness (QED) is 0.604. The largest absolute Gasteiger partial charge is 0.340 e. The zero-order valence-electron chi connectivity index (χ0n) is 19.1. The smallest absolute Gasteiger partial charge is 0.264 e. The number of nitrogens with one attached hydrogen (secondary N) is 1. The van der Waals surface area contributed by atoms with Crippen LogP contribution in [0.15, 0.2) is 64.0 Å². The van der Waals surface area contributed by atoms with Crippen molar-refractivity contribution in [3.05, 3.63) is 71.9 Å². The molecule has 1 heterocycles. The average molecular weight is 457 g/mol. The second kappa shape index (κ2) is 8.38. The van der Waals surface area contributed by atoms with Crippen molar-refractivity contribution in [1.82, 2.24) is 15.5 Å². The van der Waals surface area contributed by atoms with E-state index in [1.165, 1.54) is 35.6 Å². The number of sulfonamides is 1. The van der Waals surface area contributed by atoms with Gasteiger partial charge in [0.2, 0.25) is 5.89 Å². The molecule has 0 aliphatic rings. The van der Waals surface area contributed by atoms with Crippen LogP contribution in [0.3, 0.4) is 0 Å². The number of para-hydroxylation sites is 1. The third-order valence-electron chi connectivity index (χ3n) is 4.95. The van der Waals surface area contributed by atoms with Crippen LogP contribution in [0.25, 0.3) is 0 Å². The Bertz CT molecular complexity index is 1190. The van der Waals surface area contributed by atoms with Gasteiger partial charge < -0.3 is 9.84 Å². The second-order valence-corrected chi connectivity index (χ2v) is 11.1. The van der Waals surface area contributed by atoms with Gasteiger partial charge in [0, 0.05) is 18.0 Å². The zero-order valence-corrected chi connectivity index (χ0v) is 19.9. The molecule has 0 aliphatic carbocycles. The lowest BCUT2D eigenvalue weighted by Gasteiger charge is -2.23. The third kappa shape index (κ3) is 4.83. The van der Waals surface area contributed by atoms with E-state index in [0.29, 0.717) is 23.0 Å². The first kappa shape index (κ1) is 23.5. The monoisotopic (exact) mass is 456 g/mol. The maximum absolute atomic E-state index is 12.9. The number of amides is 1. The summed E-state index contributed by atoms with van der Waals surface area (Å²) in [4.78, 5) is 17.3. The molecule has 0 spiro atoms. The zero-order chi connectivity index (χ0) is 23.7. The number of carbonyl (C=O) groups is 1. The number of aromatic nitrogens is 2. The standard InChI is InChI=1S/C23H28N4O4S/c1-22(2,3)21-24-20(26-31-21)23(4,5)25-19(28)16-12-14-18(15-13-16)32(29,30)27(6)17-10-8-7-9-11-17/h7-15H,1-6H3,(H,25,28). The van der Waals surface area contributed by atoms with E-state index < -0.39 is 15.6 Å². The minimum absolute atomic E-state index is 0.0904. The van der Waals surface area contributed by atoms with E-state index in [9.17, 15) is 13.2 Å². The molecule has 1 N–H and O–H groups in total. The highest BCUT2D eigenvalue weighted by Crippen LogP contribution is 2.25. The van der Waals surface area contributed by atoms with Crippen molar-refractivity contribution in [2.24, 2.45) is 0 Å². The molecule has 0 fully saturated rings. The molecule has 32 heavy (non-hydrogen) atoms. The van der Waals surface area contributed by atoms with E-state index in [1.54, 1.807) is 38.1 Å². The van der Waals surface area contributed by atoms with E-state index in [1.807, 2.05) is 26.8 Å². The molecule has 1 amide bonds. The van der Waals surface area contributed by atoms with Gasteiger partial charge in [-0.3, -0.25) is 9.10 Å². The minimum Gasteiger partial charge on any atom is -0.340 e. The number of rotatable bonds is 6. The number of carbonyl (C=O) groups excluding carboxylic acids is 1. The summed E-state index contributed by atoms with van der Waals surface area (Å²) in [6, 6.07) is 14.6. The van der Waals surface area contributed by atoms with Crippen LogP contribution in [-0.2, 0) is 21.0 Å². The van der Waals surface area contributed by atoms with Crippen molar-refractivity contribution >= 4 is 21.6 Å². The van der Waals surface area contributed by atoms with Crippen molar-refractivity contribution in [2.75, 3.05) is 11.4 Å². The molecule has 0 bridgehead atoms. The van der Waals surface area contributed by atoms with E-state index in [2.05, 4.69) is 15.5 Å². The fraction of sp³-hybridized carbons (Fsp3) is 0.348. The summed E-state index contributed by atoms with van der Waals surface area (Å²) in [5.74, 6) is 0.462. The molecule has 0 saturated heterocycles. The molecule has 0 aliphatic heterocycles. The Labute approximate surface area is 188 Å². The molecule has 0 radical (unpaired) electrons. The Hall–Kier alpha value is -3.20. The molecule has 0 atom stereocenters. The van der Waals surface area contributed by atoms with Gasteiger partial charge in [0.1, 0.15) is 0 Å². The van der Waals surface area contributed by atoms with E-state index in [-0.39, 0.29) is 16.2 Å². The summed E-state index contributed by atoms with van der Waals surface area (Å²) in [5.41, 5.74) is -0.327. The van der Waals surface area contributed by atoms with Crippen LogP contribution in [0.2, 0.25) is 0 Å². The van der Waals surface area contributed by atoms with Crippen LogP contribution in [0.4, 0.5) is 5.69 Å². The van der Waals surface area contributed by atoms with Crippen molar-refractivity contribution in [3.8, 4) is 0 Å². The van der Waals surface area contributed by atoms with Gasteiger partial charge in [-0.15, -0.1) is 0 Å². The maximum Gasteiger partial charge on any atom is 0.264 e. The Morgan fingerprint density at radius 3 is 2.09 bits per heavy atom. The first-order valence-electron chi connectivity index (χ1n) is 10.1. The molecule has 1 aromatic heterocycles. The number of benzene rings is 2. The van der Waals surface area contributed by atoms with Crippen molar-refractivity contribution < 1.29 is 17.7 Å². The van der Waals surface area contributed by atoms with Crippen molar-refractivity contribution in [1.29, 1.82) is 0 Å². The Morgan fingerprint density at radius 1 is 0.969 bits per heavy atom. The van der Waals surface area contributed by atoms with Gasteiger partial charge in [0.05, 0.1) is 16.1 Å². The van der Waals surface area contributed by atoms with Crippen LogP contribution >= 0.6 is 0 Å². The summed E-state index contributed by atoms with van der Waals surface area (Å²) in [6.07, 6.45) is 0. The molecule has 0 saturated carbocycles. The maximum atomic E-state index is 12.9. The lowest BCUT2D eigenvalue weighted by molar-refractivity contribution is 0.0907. The minimum atomic E-state index is -3.75. The van der Waals surface area contributed by atoms with E-state index in [4.69, 9.17) is 4.52 Å². The molecule has 0 unspecified atom stereocenters. The lowest BCUT2D eigenvalue weighted by atomic mass is 9.97.